The molecule has 1 heterocycles. The number of aliphatic hydroxyl groups is 1. The standard InChI is InChI=1S/C13H16FN3O2S/c1-7(18)3-4-17(2)12(19)9-5-8(14)6-10-11(9)16-13(20)15-10/h5-7,18H,3-4H2,1-2H3,(H2,15,16,20). The molecule has 1 amide bonds. The van der Waals surface area contributed by atoms with Gasteiger partial charge in [-0.05, 0) is 37.7 Å². The quantitative estimate of drug-likeness (QED) is 0.758. The Bertz CT molecular complexity index is 692. The van der Waals surface area contributed by atoms with Gasteiger partial charge in [0.2, 0.25) is 0 Å². The van der Waals surface area contributed by atoms with E-state index in [-0.39, 0.29) is 11.5 Å². The molecule has 7 heteroatoms. The van der Waals surface area contributed by atoms with E-state index in [1.54, 1.807) is 14.0 Å². The Labute approximate surface area is 120 Å². The molecule has 0 radical (unpaired) electrons. The molecule has 1 unspecified atom stereocenters. The number of hydrogen-bond acceptors (Lipinski definition) is 3. The SMILES string of the molecule is CC(O)CCN(C)C(=O)c1cc(F)cc2[nH]c(=S)[nH]c12. The van der Waals surface area contributed by atoms with Gasteiger partial charge in [0.15, 0.2) is 4.77 Å². The van der Waals surface area contributed by atoms with E-state index in [0.29, 0.717) is 28.8 Å². The highest BCUT2D eigenvalue weighted by atomic mass is 32.1. The summed E-state index contributed by atoms with van der Waals surface area (Å²) < 4.78 is 13.9. The second-order valence-corrected chi connectivity index (χ2v) is 5.23. The van der Waals surface area contributed by atoms with Gasteiger partial charge in [0.1, 0.15) is 5.82 Å². The number of carbonyl (C=O) groups excluding carboxylic acids is 1. The summed E-state index contributed by atoms with van der Waals surface area (Å²) in [6.07, 6.45) is -0.0278. The summed E-state index contributed by atoms with van der Waals surface area (Å²) in [5.41, 5.74) is 1.17. The number of imidazole rings is 1. The van der Waals surface area contributed by atoms with Crippen LogP contribution >= 0.6 is 12.2 Å². The molecule has 2 aromatic rings. The van der Waals surface area contributed by atoms with Crippen molar-refractivity contribution >= 4 is 29.2 Å². The Morgan fingerprint density at radius 1 is 1.50 bits per heavy atom. The summed E-state index contributed by atoms with van der Waals surface area (Å²) in [4.78, 5) is 19.4. The van der Waals surface area contributed by atoms with Crippen LogP contribution in [0, 0.1) is 10.6 Å². The van der Waals surface area contributed by atoms with Gasteiger partial charge in [-0.1, -0.05) is 0 Å². The van der Waals surface area contributed by atoms with Crippen molar-refractivity contribution in [2.45, 2.75) is 19.4 Å². The molecule has 0 saturated heterocycles. The molecule has 5 nitrogen and oxygen atoms in total. The molecule has 2 rings (SSSR count). The number of carbonyl (C=O) groups is 1. The molecular weight excluding hydrogens is 281 g/mol. The summed E-state index contributed by atoms with van der Waals surface area (Å²) in [5.74, 6) is -0.824. The lowest BCUT2D eigenvalue weighted by Gasteiger charge is -2.18. The second-order valence-electron chi connectivity index (χ2n) is 4.82. The van der Waals surface area contributed by atoms with E-state index in [9.17, 15) is 14.3 Å². The molecule has 0 bridgehead atoms. The van der Waals surface area contributed by atoms with Crippen molar-refractivity contribution in [2.75, 3.05) is 13.6 Å². The Morgan fingerprint density at radius 2 is 2.20 bits per heavy atom. The van der Waals surface area contributed by atoms with Crippen molar-refractivity contribution in [1.82, 2.24) is 14.9 Å². The van der Waals surface area contributed by atoms with Crippen molar-refractivity contribution < 1.29 is 14.3 Å². The number of fused-ring (bicyclic) bond motifs is 1. The van der Waals surface area contributed by atoms with E-state index in [1.807, 2.05) is 0 Å². The molecule has 0 aliphatic rings. The van der Waals surface area contributed by atoms with Crippen LogP contribution in [0.25, 0.3) is 11.0 Å². The first-order valence-electron chi connectivity index (χ1n) is 6.23. The van der Waals surface area contributed by atoms with Crippen LogP contribution in [0.3, 0.4) is 0 Å². The molecule has 0 saturated carbocycles. The molecule has 3 N–H and O–H groups in total. The topological polar surface area (TPSA) is 72.1 Å². The lowest BCUT2D eigenvalue weighted by atomic mass is 10.1. The predicted molar refractivity (Wildman–Crippen MR) is 76.7 cm³/mol. The zero-order chi connectivity index (χ0) is 14.9. The number of nitrogens with one attached hydrogen (secondary N) is 2. The third-order valence-corrected chi connectivity index (χ3v) is 3.25. The number of amides is 1. The van der Waals surface area contributed by atoms with Crippen molar-refractivity contribution in [3.63, 3.8) is 0 Å². The highest BCUT2D eigenvalue weighted by Gasteiger charge is 2.18. The monoisotopic (exact) mass is 297 g/mol. The van der Waals surface area contributed by atoms with Crippen LogP contribution in [0.1, 0.15) is 23.7 Å². The average molecular weight is 297 g/mol. The van der Waals surface area contributed by atoms with Gasteiger partial charge in [-0.25, -0.2) is 4.39 Å². The van der Waals surface area contributed by atoms with Gasteiger partial charge < -0.3 is 20.0 Å². The van der Waals surface area contributed by atoms with Crippen LogP contribution in [-0.2, 0) is 0 Å². The van der Waals surface area contributed by atoms with Gasteiger partial charge >= 0.3 is 0 Å². The maximum Gasteiger partial charge on any atom is 0.255 e. The summed E-state index contributed by atoms with van der Waals surface area (Å²) in [6.45, 7) is 2.04. The minimum absolute atomic E-state index is 0.223. The van der Waals surface area contributed by atoms with Crippen LogP contribution in [0.4, 0.5) is 4.39 Å². The molecule has 0 fully saturated rings. The van der Waals surface area contributed by atoms with Gasteiger partial charge in [-0.3, -0.25) is 4.79 Å². The van der Waals surface area contributed by atoms with Crippen LogP contribution in [-0.4, -0.2) is 45.6 Å². The molecule has 0 spiro atoms. The summed E-state index contributed by atoms with van der Waals surface area (Å²) in [5, 5.41) is 9.25. The third kappa shape index (κ3) is 3.05. The van der Waals surface area contributed by atoms with E-state index in [2.05, 4.69) is 9.97 Å². The van der Waals surface area contributed by atoms with E-state index < -0.39 is 11.9 Å². The van der Waals surface area contributed by atoms with Gasteiger partial charge in [0.25, 0.3) is 5.91 Å². The van der Waals surface area contributed by atoms with E-state index in [0.717, 1.165) is 0 Å². The van der Waals surface area contributed by atoms with Gasteiger partial charge in [0, 0.05) is 13.6 Å². The maximum absolute atomic E-state index is 13.6. The smallest absolute Gasteiger partial charge is 0.255 e. The largest absolute Gasteiger partial charge is 0.393 e. The van der Waals surface area contributed by atoms with Gasteiger partial charge in [-0.2, -0.15) is 0 Å². The molecule has 108 valence electrons. The van der Waals surface area contributed by atoms with E-state index in [1.165, 1.54) is 17.0 Å². The minimum atomic E-state index is -0.505. The first-order valence-corrected chi connectivity index (χ1v) is 6.64. The van der Waals surface area contributed by atoms with Crippen LogP contribution in [0.5, 0.6) is 0 Å². The van der Waals surface area contributed by atoms with Crippen LogP contribution < -0.4 is 0 Å². The number of benzene rings is 1. The average Bonchev–Trinajstić information content (AvgIpc) is 2.73. The fourth-order valence-electron chi connectivity index (χ4n) is 1.96. The van der Waals surface area contributed by atoms with Crippen molar-refractivity contribution in [3.05, 3.63) is 28.3 Å². The highest BCUT2D eigenvalue weighted by Crippen LogP contribution is 2.19. The van der Waals surface area contributed by atoms with E-state index in [4.69, 9.17) is 12.2 Å². The maximum atomic E-state index is 13.6. The summed E-state index contributed by atoms with van der Waals surface area (Å²) in [6, 6.07) is 2.47. The minimum Gasteiger partial charge on any atom is -0.393 e. The van der Waals surface area contributed by atoms with Gasteiger partial charge in [0.05, 0.1) is 22.7 Å². The number of H-pyrrole nitrogens is 2. The number of hydrogen-bond donors (Lipinski definition) is 3. The number of rotatable bonds is 4. The normalized spacial score (nSPS) is 12.6. The molecule has 0 aliphatic carbocycles. The van der Waals surface area contributed by atoms with Crippen molar-refractivity contribution in [1.29, 1.82) is 0 Å². The Kier molecular flexibility index (Phi) is 4.20. The Hall–Kier alpha value is -1.73. The fourth-order valence-corrected chi connectivity index (χ4v) is 2.18. The number of aromatic nitrogens is 2. The molecule has 20 heavy (non-hydrogen) atoms. The molecular formula is C13H16FN3O2S. The molecule has 1 atom stereocenters. The zero-order valence-corrected chi connectivity index (χ0v) is 12.1. The van der Waals surface area contributed by atoms with Gasteiger partial charge in [-0.15, -0.1) is 0 Å². The van der Waals surface area contributed by atoms with Crippen LogP contribution in [0.15, 0.2) is 12.1 Å². The number of nitrogens with zero attached hydrogens (tertiary/aromatic N) is 1. The number of aliphatic hydroxyl groups excluding tert-OH is 1. The first kappa shape index (κ1) is 14.7. The predicted octanol–water partition coefficient (Wildman–Crippen LogP) is 2.21. The molecule has 0 aliphatic heterocycles. The number of aromatic amines is 2. The van der Waals surface area contributed by atoms with Crippen molar-refractivity contribution in [2.24, 2.45) is 0 Å². The first-order chi connectivity index (χ1) is 9.38. The zero-order valence-electron chi connectivity index (χ0n) is 11.2. The van der Waals surface area contributed by atoms with Crippen LogP contribution in [0.2, 0.25) is 0 Å². The Morgan fingerprint density at radius 3 is 2.85 bits per heavy atom. The second kappa shape index (κ2) is 5.72. The Balaban J connectivity index is 2.36. The number of halogens is 1. The molecule has 1 aromatic carbocycles. The molecule has 1 aromatic heterocycles. The summed E-state index contributed by atoms with van der Waals surface area (Å²) >= 11 is 4.96. The third-order valence-electron chi connectivity index (χ3n) is 3.05. The lowest BCUT2D eigenvalue weighted by Crippen LogP contribution is -2.29. The lowest BCUT2D eigenvalue weighted by molar-refractivity contribution is 0.0770. The van der Waals surface area contributed by atoms with E-state index >= 15 is 0 Å². The highest BCUT2D eigenvalue weighted by molar-refractivity contribution is 7.71. The van der Waals surface area contributed by atoms with Crippen molar-refractivity contribution in [3.8, 4) is 0 Å². The fraction of sp³-hybridized carbons (Fsp3) is 0.385. The summed E-state index contributed by atoms with van der Waals surface area (Å²) in [7, 11) is 1.61.